The third-order valence-corrected chi connectivity index (χ3v) is 9.21. The zero-order valence-corrected chi connectivity index (χ0v) is 24.1. The predicted octanol–water partition coefficient (Wildman–Crippen LogP) is 9.15. The Labute approximate surface area is 256 Å². The highest BCUT2D eigenvalue weighted by Crippen LogP contribution is 2.47. The van der Waals surface area contributed by atoms with Crippen LogP contribution in [0.4, 0.5) is 0 Å². The van der Waals surface area contributed by atoms with Gasteiger partial charge >= 0.3 is 0 Å². The molecule has 2 N–H and O–H groups in total. The van der Waals surface area contributed by atoms with Crippen molar-refractivity contribution in [1.29, 1.82) is 0 Å². The lowest BCUT2D eigenvalue weighted by Gasteiger charge is -2.33. The second kappa shape index (κ2) is 10.2. The van der Waals surface area contributed by atoms with Gasteiger partial charge in [-0.25, -0.2) is 0 Å². The maximum Gasteiger partial charge on any atom is 0.141 e. The first-order chi connectivity index (χ1) is 21.6. The standard InChI is InChI=1S/C42H30O2/c43-41(31-13-5-1-6-14-31,32-15-7-2-8-16-32)37-27-23-29-21-22-30-24-28-38(36-26-25-35(37)39(29)40(30)36)42(44,33-17-9-3-10-18-33)34-19-11-4-12-20-34/h1-28,43-44H. The predicted molar refractivity (Wildman–Crippen MR) is 180 cm³/mol. The summed E-state index contributed by atoms with van der Waals surface area (Å²) in [7, 11) is 0. The molecular formula is C42H30O2. The Balaban J connectivity index is 1.47. The van der Waals surface area contributed by atoms with E-state index in [-0.39, 0.29) is 0 Å². The van der Waals surface area contributed by atoms with Crippen LogP contribution in [0.3, 0.4) is 0 Å². The molecule has 8 aromatic rings. The quantitative estimate of drug-likeness (QED) is 0.156. The van der Waals surface area contributed by atoms with Gasteiger partial charge in [-0.1, -0.05) is 170 Å². The van der Waals surface area contributed by atoms with Crippen molar-refractivity contribution in [2.45, 2.75) is 11.2 Å². The molecule has 0 radical (unpaired) electrons. The Bertz CT molecular complexity index is 1980. The van der Waals surface area contributed by atoms with Crippen LogP contribution in [0.1, 0.15) is 33.4 Å². The number of benzene rings is 8. The average molecular weight is 567 g/mol. The molecule has 210 valence electrons. The summed E-state index contributed by atoms with van der Waals surface area (Å²) in [5.74, 6) is 0. The fourth-order valence-electron chi connectivity index (χ4n) is 7.10. The van der Waals surface area contributed by atoms with Crippen molar-refractivity contribution in [3.63, 3.8) is 0 Å². The van der Waals surface area contributed by atoms with Crippen molar-refractivity contribution in [3.8, 4) is 0 Å². The molecular weight excluding hydrogens is 536 g/mol. The molecule has 8 aromatic carbocycles. The number of hydrogen-bond acceptors (Lipinski definition) is 2. The Kier molecular flexibility index (Phi) is 6.09. The molecule has 0 unspecified atom stereocenters. The lowest BCUT2D eigenvalue weighted by Crippen LogP contribution is -2.29. The molecule has 0 heterocycles. The first-order valence-electron chi connectivity index (χ1n) is 15.0. The van der Waals surface area contributed by atoms with Crippen molar-refractivity contribution >= 4 is 32.3 Å². The zero-order chi connectivity index (χ0) is 29.7. The normalized spacial score (nSPS) is 12.3. The molecule has 0 aliphatic rings. The van der Waals surface area contributed by atoms with E-state index >= 15 is 0 Å². The van der Waals surface area contributed by atoms with Crippen molar-refractivity contribution < 1.29 is 10.2 Å². The van der Waals surface area contributed by atoms with Crippen molar-refractivity contribution in [2.75, 3.05) is 0 Å². The molecule has 0 aliphatic carbocycles. The molecule has 2 nitrogen and oxygen atoms in total. The van der Waals surface area contributed by atoms with Crippen LogP contribution in [-0.4, -0.2) is 10.2 Å². The van der Waals surface area contributed by atoms with Gasteiger partial charge in [0.05, 0.1) is 0 Å². The maximum atomic E-state index is 12.8. The van der Waals surface area contributed by atoms with E-state index in [4.69, 9.17) is 0 Å². The van der Waals surface area contributed by atoms with Crippen LogP contribution in [-0.2, 0) is 11.2 Å². The topological polar surface area (TPSA) is 40.5 Å². The van der Waals surface area contributed by atoms with Crippen LogP contribution in [0.15, 0.2) is 170 Å². The van der Waals surface area contributed by atoms with Gasteiger partial charge in [0, 0.05) is 11.1 Å². The lowest BCUT2D eigenvalue weighted by atomic mass is 9.75. The van der Waals surface area contributed by atoms with E-state index in [0.29, 0.717) is 0 Å². The molecule has 0 aromatic heterocycles. The molecule has 2 heteroatoms. The van der Waals surface area contributed by atoms with Crippen LogP contribution >= 0.6 is 0 Å². The number of rotatable bonds is 6. The van der Waals surface area contributed by atoms with Gasteiger partial charge in [0.15, 0.2) is 0 Å². The summed E-state index contributed by atoms with van der Waals surface area (Å²) in [6.45, 7) is 0. The van der Waals surface area contributed by atoms with Gasteiger partial charge in [-0.15, -0.1) is 0 Å². The Morgan fingerprint density at radius 3 is 0.864 bits per heavy atom. The molecule has 0 saturated heterocycles. The minimum Gasteiger partial charge on any atom is -0.376 e. The molecule has 0 fully saturated rings. The molecule has 0 saturated carbocycles. The fourth-order valence-corrected chi connectivity index (χ4v) is 7.10. The largest absolute Gasteiger partial charge is 0.376 e. The van der Waals surface area contributed by atoms with E-state index in [1.807, 2.05) is 121 Å². The van der Waals surface area contributed by atoms with Gasteiger partial charge in [0.2, 0.25) is 0 Å². The Morgan fingerprint density at radius 2 is 0.568 bits per heavy atom. The van der Waals surface area contributed by atoms with Gasteiger partial charge in [-0.2, -0.15) is 0 Å². The molecule has 0 aliphatic heterocycles. The van der Waals surface area contributed by atoms with Crippen molar-refractivity contribution in [3.05, 3.63) is 203 Å². The van der Waals surface area contributed by atoms with Gasteiger partial charge in [-0.05, 0) is 54.6 Å². The van der Waals surface area contributed by atoms with Crippen LogP contribution in [0.25, 0.3) is 32.3 Å². The second-order valence-corrected chi connectivity index (χ2v) is 11.5. The van der Waals surface area contributed by atoms with E-state index in [0.717, 1.165) is 65.7 Å². The van der Waals surface area contributed by atoms with Crippen molar-refractivity contribution in [2.24, 2.45) is 0 Å². The van der Waals surface area contributed by atoms with Crippen molar-refractivity contribution in [1.82, 2.24) is 0 Å². The molecule has 44 heavy (non-hydrogen) atoms. The van der Waals surface area contributed by atoms with E-state index in [1.54, 1.807) is 0 Å². The minimum atomic E-state index is -1.37. The highest BCUT2D eigenvalue weighted by molar-refractivity contribution is 6.24. The summed E-state index contributed by atoms with van der Waals surface area (Å²) in [6, 6.07) is 56.5. The fraction of sp³-hybridized carbons (Fsp3) is 0.0476. The highest BCUT2D eigenvalue weighted by atomic mass is 16.3. The summed E-state index contributed by atoms with van der Waals surface area (Å²) in [5, 5.41) is 31.9. The highest BCUT2D eigenvalue weighted by Gasteiger charge is 2.38. The van der Waals surface area contributed by atoms with Crippen LogP contribution in [0.5, 0.6) is 0 Å². The third-order valence-electron chi connectivity index (χ3n) is 9.21. The molecule has 8 rings (SSSR count). The monoisotopic (exact) mass is 566 g/mol. The smallest absolute Gasteiger partial charge is 0.141 e. The lowest BCUT2D eigenvalue weighted by molar-refractivity contribution is 0.127. The average Bonchev–Trinajstić information content (AvgIpc) is 3.11. The first kappa shape index (κ1) is 26.4. The second-order valence-electron chi connectivity index (χ2n) is 11.5. The molecule has 0 spiro atoms. The van der Waals surface area contributed by atoms with Gasteiger partial charge < -0.3 is 10.2 Å². The number of hydrogen-bond donors (Lipinski definition) is 2. The Morgan fingerprint density at radius 1 is 0.295 bits per heavy atom. The van der Waals surface area contributed by atoms with Gasteiger partial charge in [0.25, 0.3) is 0 Å². The van der Waals surface area contributed by atoms with E-state index in [1.165, 1.54) is 0 Å². The Hall–Kier alpha value is -5.28. The van der Waals surface area contributed by atoms with Gasteiger partial charge in [-0.3, -0.25) is 0 Å². The number of aliphatic hydroxyl groups is 2. The molecule has 0 bridgehead atoms. The van der Waals surface area contributed by atoms with Gasteiger partial charge in [0.1, 0.15) is 11.2 Å². The SMILES string of the molecule is OC(c1ccccc1)(c1ccccc1)c1ccc2ccc3ccc(C(O)(c4ccccc4)c4ccccc4)c4ccc1c2c34. The van der Waals surface area contributed by atoms with E-state index in [2.05, 4.69) is 48.5 Å². The minimum absolute atomic E-state index is 0.810. The molecule has 0 amide bonds. The zero-order valence-electron chi connectivity index (χ0n) is 24.1. The van der Waals surface area contributed by atoms with E-state index < -0.39 is 11.2 Å². The summed E-state index contributed by atoms with van der Waals surface area (Å²) < 4.78 is 0. The summed E-state index contributed by atoms with van der Waals surface area (Å²) in [5.41, 5.74) is 2.14. The third kappa shape index (κ3) is 3.82. The van der Waals surface area contributed by atoms with Crippen LogP contribution < -0.4 is 0 Å². The molecule has 0 atom stereocenters. The van der Waals surface area contributed by atoms with Crippen LogP contribution in [0, 0.1) is 0 Å². The summed E-state index contributed by atoms with van der Waals surface area (Å²) in [4.78, 5) is 0. The van der Waals surface area contributed by atoms with Crippen LogP contribution in [0.2, 0.25) is 0 Å². The maximum absolute atomic E-state index is 12.8. The summed E-state index contributed by atoms with van der Waals surface area (Å²) >= 11 is 0. The summed E-state index contributed by atoms with van der Waals surface area (Å²) in [6.07, 6.45) is 0. The van der Waals surface area contributed by atoms with E-state index in [9.17, 15) is 10.2 Å². The first-order valence-corrected chi connectivity index (χ1v) is 15.0.